The zero-order valence-electron chi connectivity index (χ0n) is 19.4. The number of hydrogen-bond donors (Lipinski definition) is 4. The standard InChI is InChI=1S/C25H28FN5O4/c1-13-20(24(32)30-16-5-7-17(8-6-16)31-25(33)34)22-23(29-13)21(27-12-28-22)18-10-15(26)4-9-19(18)35-11-14-2-3-14/h4,9-10,12,14,16-17,29,31H,2-3,5-8,11H2,1H3,(H,30,32)(H,33,34)/t16-,17+. The number of hydrogen-bond acceptors (Lipinski definition) is 5. The summed E-state index contributed by atoms with van der Waals surface area (Å²) in [5.74, 6) is 0.428. The van der Waals surface area contributed by atoms with Gasteiger partial charge in [0.1, 0.15) is 29.1 Å². The zero-order chi connectivity index (χ0) is 24.5. The van der Waals surface area contributed by atoms with Crippen molar-refractivity contribution in [1.29, 1.82) is 0 Å². The summed E-state index contributed by atoms with van der Waals surface area (Å²) in [7, 11) is 0. The molecule has 2 amide bonds. The first-order valence-corrected chi connectivity index (χ1v) is 12.0. The number of carboxylic acid groups (broad SMARTS) is 1. The van der Waals surface area contributed by atoms with Crippen LogP contribution in [0.5, 0.6) is 5.75 Å². The Morgan fingerprint density at radius 1 is 1.11 bits per heavy atom. The van der Waals surface area contributed by atoms with Crippen molar-refractivity contribution in [1.82, 2.24) is 25.6 Å². The molecule has 2 heterocycles. The van der Waals surface area contributed by atoms with Crippen molar-refractivity contribution in [2.75, 3.05) is 6.61 Å². The molecule has 5 rings (SSSR count). The van der Waals surface area contributed by atoms with Crippen molar-refractivity contribution in [3.05, 3.63) is 41.6 Å². The predicted octanol–water partition coefficient (Wildman–Crippen LogP) is 4.17. The van der Waals surface area contributed by atoms with Gasteiger partial charge in [0, 0.05) is 23.3 Å². The van der Waals surface area contributed by atoms with Gasteiger partial charge in [-0.1, -0.05) is 0 Å². The number of nitrogens with one attached hydrogen (secondary N) is 3. The monoisotopic (exact) mass is 481 g/mol. The number of carbonyl (C=O) groups excluding carboxylic acids is 1. The van der Waals surface area contributed by atoms with Crippen LogP contribution < -0.4 is 15.4 Å². The molecule has 0 spiro atoms. The van der Waals surface area contributed by atoms with E-state index < -0.39 is 11.9 Å². The smallest absolute Gasteiger partial charge is 0.404 e. The number of H-pyrrole nitrogens is 1. The summed E-state index contributed by atoms with van der Waals surface area (Å²) in [6.45, 7) is 2.37. The number of fused-ring (bicyclic) bond motifs is 1. The Morgan fingerprint density at radius 3 is 2.51 bits per heavy atom. The van der Waals surface area contributed by atoms with Crippen molar-refractivity contribution >= 4 is 23.0 Å². The average molecular weight is 482 g/mol. The largest absolute Gasteiger partial charge is 0.493 e. The second-order valence-electron chi connectivity index (χ2n) is 9.44. The number of benzene rings is 1. The molecule has 2 saturated carbocycles. The van der Waals surface area contributed by atoms with Gasteiger partial charge in [0.05, 0.1) is 17.7 Å². The van der Waals surface area contributed by atoms with Crippen LogP contribution >= 0.6 is 0 Å². The van der Waals surface area contributed by atoms with Crippen LogP contribution in [0.25, 0.3) is 22.3 Å². The van der Waals surface area contributed by atoms with Gasteiger partial charge >= 0.3 is 6.09 Å². The van der Waals surface area contributed by atoms with Crippen LogP contribution in [0.2, 0.25) is 0 Å². The summed E-state index contributed by atoms with van der Waals surface area (Å²) in [5.41, 5.74) is 3.05. The van der Waals surface area contributed by atoms with E-state index in [9.17, 15) is 14.0 Å². The number of nitrogens with zero attached hydrogens (tertiary/aromatic N) is 2. The van der Waals surface area contributed by atoms with E-state index in [0.717, 1.165) is 12.8 Å². The van der Waals surface area contributed by atoms with Crippen LogP contribution in [0.15, 0.2) is 24.5 Å². The van der Waals surface area contributed by atoms with E-state index in [-0.39, 0.29) is 18.0 Å². The molecule has 1 aromatic carbocycles. The number of aromatic nitrogens is 3. The van der Waals surface area contributed by atoms with E-state index in [1.165, 1.54) is 18.5 Å². The van der Waals surface area contributed by atoms with E-state index in [4.69, 9.17) is 9.84 Å². The Kier molecular flexibility index (Phi) is 6.27. The number of ether oxygens (including phenoxy) is 1. The topological polar surface area (TPSA) is 129 Å². The molecule has 0 bridgehead atoms. The lowest BCUT2D eigenvalue weighted by Crippen LogP contribution is -2.43. The minimum Gasteiger partial charge on any atom is -0.493 e. The first-order valence-electron chi connectivity index (χ1n) is 12.0. The molecular formula is C25H28FN5O4. The number of halogens is 1. The van der Waals surface area contributed by atoms with E-state index in [2.05, 4.69) is 25.6 Å². The van der Waals surface area contributed by atoms with E-state index in [1.54, 1.807) is 13.0 Å². The van der Waals surface area contributed by atoms with Gasteiger partial charge in [-0.15, -0.1) is 0 Å². The molecule has 2 fully saturated rings. The van der Waals surface area contributed by atoms with Crippen molar-refractivity contribution in [2.24, 2.45) is 5.92 Å². The van der Waals surface area contributed by atoms with Gasteiger partial charge in [-0.2, -0.15) is 0 Å². The summed E-state index contributed by atoms with van der Waals surface area (Å²) >= 11 is 0. The molecule has 2 aliphatic rings. The lowest BCUT2D eigenvalue weighted by atomic mass is 9.91. The third kappa shape index (κ3) is 5.06. The Balaban J connectivity index is 1.40. The molecule has 3 aromatic rings. The quantitative estimate of drug-likeness (QED) is 0.401. The number of aryl methyl sites for hydroxylation is 1. The normalized spacial score (nSPS) is 19.9. The van der Waals surface area contributed by atoms with Crippen LogP contribution in [-0.2, 0) is 0 Å². The second-order valence-corrected chi connectivity index (χ2v) is 9.44. The van der Waals surface area contributed by atoms with E-state index >= 15 is 0 Å². The number of carbonyl (C=O) groups is 2. The van der Waals surface area contributed by atoms with Crippen LogP contribution in [-0.4, -0.2) is 50.7 Å². The zero-order valence-corrected chi connectivity index (χ0v) is 19.4. The van der Waals surface area contributed by atoms with Gasteiger partial charge in [0.25, 0.3) is 5.91 Å². The highest BCUT2D eigenvalue weighted by Crippen LogP contribution is 2.37. The highest BCUT2D eigenvalue weighted by molar-refractivity contribution is 6.09. The van der Waals surface area contributed by atoms with Crippen molar-refractivity contribution in [3.8, 4) is 17.0 Å². The summed E-state index contributed by atoms with van der Waals surface area (Å²) < 4.78 is 20.2. The molecule has 2 aromatic heterocycles. The SMILES string of the molecule is Cc1[nH]c2c(-c3cc(F)ccc3OCC3CC3)ncnc2c1C(=O)N[C@H]1CC[C@@H](NC(=O)O)CC1. The number of amides is 2. The van der Waals surface area contributed by atoms with Gasteiger partial charge in [0.2, 0.25) is 0 Å². The molecule has 0 atom stereocenters. The molecule has 2 aliphatic carbocycles. The Labute approximate surface area is 201 Å². The highest BCUT2D eigenvalue weighted by atomic mass is 19.1. The Hall–Kier alpha value is -3.69. The summed E-state index contributed by atoms with van der Waals surface area (Å²) in [4.78, 5) is 36.1. The Morgan fingerprint density at radius 2 is 1.83 bits per heavy atom. The van der Waals surface area contributed by atoms with E-state index in [0.29, 0.717) is 77.5 Å². The van der Waals surface area contributed by atoms with Crippen LogP contribution in [0.1, 0.15) is 54.6 Å². The third-order valence-corrected chi connectivity index (χ3v) is 6.76. The molecule has 0 unspecified atom stereocenters. The first kappa shape index (κ1) is 23.1. The van der Waals surface area contributed by atoms with Gasteiger partial charge in [-0.25, -0.2) is 19.2 Å². The summed E-state index contributed by atoms with van der Waals surface area (Å²) in [6.07, 6.45) is 5.33. The van der Waals surface area contributed by atoms with Gasteiger partial charge in [0.15, 0.2) is 0 Å². The lowest BCUT2D eigenvalue weighted by molar-refractivity contribution is 0.0924. The number of rotatable bonds is 7. The Bertz CT molecular complexity index is 1260. The second kappa shape index (κ2) is 9.52. The van der Waals surface area contributed by atoms with Gasteiger partial charge in [-0.3, -0.25) is 4.79 Å². The molecule has 35 heavy (non-hydrogen) atoms. The van der Waals surface area contributed by atoms with Crippen molar-refractivity contribution < 1.29 is 23.8 Å². The molecule has 4 N–H and O–H groups in total. The van der Waals surface area contributed by atoms with E-state index in [1.807, 2.05) is 0 Å². The predicted molar refractivity (Wildman–Crippen MR) is 127 cm³/mol. The number of aromatic amines is 1. The minimum absolute atomic E-state index is 0.0503. The van der Waals surface area contributed by atoms with Crippen LogP contribution in [0.4, 0.5) is 9.18 Å². The van der Waals surface area contributed by atoms with Crippen molar-refractivity contribution in [3.63, 3.8) is 0 Å². The fraction of sp³-hybridized carbons (Fsp3) is 0.440. The fourth-order valence-corrected chi connectivity index (χ4v) is 4.72. The minimum atomic E-state index is -1.03. The lowest BCUT2D eigenvalue weighted by Gasteiger charge is -2.28. The van der Waals surface area contributed by atoms with Crippen LogP contribution in [0.3, 0.4) is 0 Å². The molecular weight excluding hydrogens is 453 g/mol. The fourth-order valence-electron chi connectivity index (χ4n) is 4.72. The maximum Gasteiger partial charge on any atom is 0.404 e. The summed E-state index contributed by atoms with van der Waals surface area (Å²) in [5, 5.41) is 14.5. The summed E-state index contributed by atoms with van der Waals surface area (Å²) in [6, 6.07) is 4.23. The van der Waals surface area contributed by atoms with Gasteiger partial charge < -0.3 is 25.5 Å². The van der Waals surface area contributed by atoms with Crippen molar-refractivity contribution in [2.45, 2.75) is 57.5 Å². The molecule has 0 saturated heterocycles. The van der Waals surface area contributed by atoms with Gasteiger partial charge in [-0.05, 0) is 69.6 Å². The molecule has 184 valence electrons. The molecule has 9 nitrogen and oxygen atoms in total. The highest BCUT2D eigenvalue weighted by Gasteiger charge is 2.27. The molecule has 0 aliphatic heterocycles. The maximum atomic E-state index is 14.2. The molecule has 0 radical (unpaired) electrons. The molecule has 10 heteroatoms. The average Bonchev–Trinajstić information content (AvgIpc) is 3.58. The third-order valence-electron chi connectivity index (χ3n) is 6.76. The first-order chi connectivity index (χ1) is 16.9. The maximum absolute atomic E-state index is 14.2. The van der Waals surface area contributed by atoms with Crippen LogP contribution in [0, 0.1) is 18.7 Å².